The van der Waals surface area contributed by atoms with Gasteiger partial charge in [0.15, 0.2) is 0 Å². The first-order chi connectivity index (χ1) is 16.4. The summed E-state index contributed by atoms with van der Waals surface area (Å²) in [6.07, 6.45) is 0.157. The molecule has 2 amide bonds. The van der Waals surface area contributed by atoms with Crippen LogP contribution in [0.15, 0.2) is 35.2 Å². The first-order valence-electron chi connectivity index (χ1n) is 11.1. The third-order valence-electron chi connectivity index (χ3n) is 5.70. The van der Waals surface area contributed by atoms with Crippen molar-refractivity contribution < 1.29 is 33.1 Å². The number of hydrogen-bond acceptors (Lipinski definition) is 8. The minimum Gasteiger partial charge on any atom is -0.497 e. The monoisotopic (exact) mass is 525 g/mol. The number of fused-ring (bicyclic) bond motifs is 1. The molecule has 0 radical (unpaired) electrons. The fourth-order valence-corrected chi connectivity index (χ4v) is 6.54. The molecule has 4 N–H and O–H groups in total. The van der Waals surface area contributed by atoms with E-state index in [0.717, 1.165) is 28.5 Å². The van der Waals surface area contributed by atoms with Crippen LogP contribution in [0.5, 0.6) is 5.75 Å². The van der Waals surface area contributed by atoms with E-state index in [1.54, 1.807) is 0 Å². The van der Waals surface area contributed by atoms with Gasteiger partial charge in [-0.05, 0) is 54.2 Å². The number of aliphatic hydroxyl groups excluding tert-OH is 1. The lowest BCUT2D eigenvalue weighted by Crippen LogP contribution is -2.53. The Morgan fingerprint density at radius 1 is 1.23 bits per heavy atom. The average Bonchev–Trinajstić information content (AvgIpc) is 3.25. The summed E-state index contributed by atoms with van der Waals surface area (Å²) >= 11 is 0.998. The molecule has 12 heteroatoms. The van der Waals surface area contributed by atoms with Crippen molar-refractivity contribution in [3.63, 3.8) is 0 Å². The number of thiophene rings is 1. The smallest absolute Gasteiger partial charge is 0.264 e. The molecular formula is C23H31N3O7S2. The number of nitrogens with zero attached hydrogens (tertiary/aromatic N) is 1. The van der Waals surface area contributed by atoms with Crippen LogP contribution >= 0.6 is 11.3 Å². The molecule has 0 fully saturated rings. The van der Waals surface area contributed by atoms with E-state index in [-0.39, 0.29) is 22.8 Å². The van der Waals surface area contributed by atoms with E-state index in [0.29, 0.717) is 27.6 Å². The van der Waals surface area contributed by atoms with E-state index in [4.69, 9.17) is 4.74 Å². The Hall–Kier alpha value is -2.51. The molecule has 1 aromatic carbocycles. The van der Waals surface area contributed by atoms with Gasteiger partial charge >= 0.3 is 0 Å². The van der Waals surface area contributed by atoms with Gasteiger partial charge in [-0.2, -0.15) is 4.31 Å². The van der Waals surface area contributed by atoms with Crippen LogP contribution in [0.1, 0.15) is 59.8 Å². The van der Waals surface area contributed by atoms with Gasteiger partial charge in [-0.15, -0.1) is 11.3 Å². The van der Waals surface area contributed by atoms with Crippen molar-refractivity contribution >= 4 is 33.2 Å². The van der Waals surface area contributed by atoms with Crippen molar-refractivity contribution in [2.45, 2.75) is 57.2 Å². The maximum atomic E-state index is 13.4. The molecule has 0 saturated heterocycles. The van der Waals surface area contributed by atoms with E-state index >= 15 is 0 Å². The lowest BCUT2D eigenvalue weighted by molar-refractivity contribution is -0.137. The molecule has 10 nitrogen and oxygen atoms in total. The lowest BCUT2D eigenvalue weighted by Gasteiger charge is -2.36. The van der Waals surface area contributed by atoms with Crippen molar-refractivity contribution in [3.8, 4) is 5.75 Å². The van der Waals surface area contributed by atoms with Crippen LogP contribution in [0.4, 0.5) is 0 Å². The molecule has 0 spiro atoms. The number of nitrogens with one attached hydrogen (secondary N) is 2. The first kappa shape index (κ1) is 27.1. The molecule has 2 unspecified atom stereocenters. The Morgan fingerprint density at radius 2 is 1.89 bits per heavy atom. The third-order valence-corrected chi connectivity index (χ3v) is 8.79. The summed E-state index contributed by atoms with van der Waals surface area (Å²) in [6, 6.07) is 5.49. The number of benzene rings is 1. The number of aliphatic hydroxyl groups is 1. The van der Waals surface area contributed by atoms with Crippen LogP contribution in [0.2, 0.25) is 0 Å². The summed E-state index contributed by atoms with van der Waals surface area (Å²) in [6.45, 7) is 6.58. The van der Waals surface area contributed by atoms with E-state index in [1.807, 2.05) is 0 Å². The SMILES string of the molecule is COc1ccc(S(=O)(=O)N2Cc3cc(C(=O)NCCCC(C)(C)C)sc3C(O)C2C(=O)NO)cc1. The second kappa shape index (κ2) is 10.6. The minimum absolute atomic E-state index is 0.114. The molecule has 0 saturated carbocycles. The lowest BCUT2D eigenvalue weighted by atomic mass is 9.91. The van der Waals surface area contributed by atoms with Crippen LogP contribution in [-0.4, -0.2) is 54.5 Å². The first-order valence-corrected chi connectivity index (χ1v) is 13.3. The number of hydrogen-bond donors (Lipinski definition) is 4. The Morgan fingerprint density at radius 3 is 2.46 bits per heavy atom. The Bertz CT molecular complexity index is 1170. The largest absolute Gasteiger partial charge is 0.497 e. The zero-order valence-corrected chi connectivity index (χ0v) is 21.7. The molecule has 1 aliphatic heterocycles. The normalized spacial score (nSPS) is 18.6. The molecule has 35 heavy (non-hydrogen) atoms. The fraction of sp³-hybridized carbons (Fsp3) is 0.478. The summed E-state index contributed by atoms with van der Waals surface area (Å²) in [4.78, 5) is 25.6. The van der Waals surface area contributed by atoms with Crippen molar-refractivity contribution in [1.82, 2.24) is 15.1 Å². The molecular weight excluding hydrogens is 494 g/mol. The molecule has 3 rings (SSSR count). The van der Waals surface area contributed by atoms with Crippen LogP contribution in [-0.2, 0) is 21.4 Å². The summed E-state index contributed by atoms with van der Waals surface area (Å²) in [7, 11) is -2.81. The molecule has 2 heterocycles. The second-order valence-electron chi connectivity index (χ2n) is 9.51. The quantitative estimate of drug-likeness (QED) is 0.235. The number of carbonyl (C=O) groups is 2. The summed E-state index contributed by atoms with van der Waals surface area (Å²) in [5.74, 6) is -0.967. The Balaban J connectivity index is 1.88. The molecule has 2 atom stereocenters. The maximum Gasteiger partial charge on any atom is 0.264 e. The van der Waals surface area contributed by atoms with Crippen molar-refractivity contribution in [3.05, 3.63) is 45.6 Å². The predicted octanol–water partition coefficient (Wildman–Crippen LogP) is 2.42. The number of carbonyl (C=O) groups excluding carboxylic acids is 2. The van der Waals surface area contributed by atoms with E-state index < -0.39 is 28.1 Å². The van der Waals surface area contributed by atoms with Gasteiger partial charge in [-0.1, -0.05) is 20.8 Å². The van der Waals surface area contributed by atoms with Gasteiger partial charge in [0, 0.05) is 18.0 Å². The highest BCUT2D eigenvalue weighted by Gasteiger charge is 2.46. The van der Waals surface area contributed by atoms with Gasteiger partial charge in [0.1, 0.15) is 17.9 Å². The second-order valence-corrected chi connectivity index (χ2v) is 12.5. The number of rotatable bonds is 8. The zero-order valence-electron chi connectivity index (χ0n) is 20.1. The fourth-order valence-electron chi connectivity index (χ4n) is 3.86. The van der Waals surface area contributed by atoms with Crippen LogP contribution < -0.4 is 15.5 Å². The highest BCUT2D eigenvalue weighted by atomic mass is 32.2. The molecule has 0 aliphatic carbocycles. The molecule has 2 aromatic rings. The van der Waals surface area contributed by atoms with Crippen molar-refractivity contribution in [2.75, 3.05) is 13.7 Å². The van der Waals surface area contributed by atoms with E-state index in [1.165, 1.54) is 42.9 Å². The number of sulfonamides is 1. The molecule has 0 bridgehead atoms. The van der Waals surface area contributed by atoms with Gasteiger partial charge in [0.2, 0.25) is 10.0 Å². The summed E-state index contributed by atoms with van der Waals surface area (Å²) in [5, 5.41) is 23.0. The topological polar surface area (TPSA) is 145 Å². The molecule has 192 valence electrons. The standard InChI is InChI=1S/C23H31N3O7S2/c1-23(2,3)10-5-11-24-21(28)17-12-14-13-26(18(22(29)25-30)19(27)20(14)34-17)35(31,32)16-8-6-15(33-4)7-9-16/h6-9,12,18-19,27,30H,5,10-11,13H2,1-4H3,(H,24,28)(H,25,29). The third kappa shape index (κ3) is 6.01. The van der Waals surface area contributed by atoms with E-state index in [2.05, 4.69) is 26.1 Å². The van der Waals surface area contributed by atoms with Crippen LogP contribution in [0.25, 0.3) is 0 Å². The summed E-state index contributed by atoms with van der Waals surface area (Å²) in [5.41, 5.74) is 2.01. The van der Waals surface area contributed by atoms with E-state index in [9.17, 15) is 28.3 Å². The van der Waals surface area contributed by atoms with Gasteiger partial charge < -0.3 is 15.2 Å². The van der Waals surface area contributed by atoms with Gasteiger partial charge in [0.25, 0.3) is 11.8 Å². The number of amides is 2. The van der Waals surface area contributed by atoms with Crippen molar-refractivity contribution in [2.24, 2.45) is 5.41 Å². The summed E-state index contributed by atoms with van der Waals surface area (Å²) < 4.78 is 32.7. The predicted molar refractivity (Wildman–Crippen MR) is 130 cm³/mol. The van der Waals surface area contributed by atoms with Gasteiger partial charge in [-0.25, -0.2) is 13.9 Å². The van der Waals surface area contributed by atoms with Crippen molar-refractivity contribution in [1.29, 1.82) is 0 Å². The highest BCUT2D eigenvalue weighted by Crippen LogP contribution is 2.40. The molecule has 1 aliphatic rings. The molecule has 1 aromatic heterocycles. The Labute approximate surface area is 208 Å². The minimum atomic E-state index is -4.26. The number of methoxy groups -OCH3 is 1. The van der Waals surface area contributed by atoms with Gasteiger partial charge in [0.05, 0.1) is 16.9 Å². The van der Waals surface area contributed by atoms with Crippen LogP contribution in [0.3, 0.4) is 0 Å². The highest BCUT2D eigenvalue weighted by molar-refractivity contribution is 7.89. The Kier molecular flexibility index (Phi) is 8.22. The number of hydroxylamine groups is 1. The van der Waals surface area contributed by atoms with Crippen LogP contribution in [0, 0.1) is 5.41 Å². The van der Waals surface area contributed by atoms with Gasteiger partial charge in [-0.3, -0.25) is 14.8 Å². The zero-order chi connectivity index (χ0) is 26.0. The maximum absolute atomic E-state index is 13.4. The average molecular weight is 526 g/mol. The number of ether oxygens (including phenoxy) is 1.